The van der Waals surface area contributed by atoms with Gasteiger partial charge in [0.15, 0.2) is 0 Å². The van der Waals surface area contributed by atoms with Crippen LogP contribution in [0.3, 0.4) is 0 Å². The standard InChI is InChI=1S/C24H36N4O3/c1-18-8-5-6-11-21(18)23(30)26-20-13-16-28(17-14-20)22(29)12-7-15-25-24(31)27-19-9-3-2-4-10-19/h5-6,8,11,19-20H,2-4,7,9-10,12-17H2,1H3,(H,26,30)(H2,25,27,31). The second-order valence-corrected chi connectivity index (χ2v) is 8.78. The van der Waals surface area contributed by atoms with E-state index < -0.39 is 0 Å². The van der Waals surface area contributed by atoms with Crippen molar-refractivity contribution in [2.75, 3.05) is 19.6 Å². The molecule has 170 valence electrons. The lowest BCUT2D eigenvalue weighted by Crippen LogP contribution is -2.46. The molecule has 7 nitrogen and oxygen atoms in total. The van der Waals surface area contributed by atoms with Crippen molar-refractivity contribution in [2.24, 2.45) is 0 Å². The van der Waals surface area contributed by atoms with Crippen LogP contribution in [-0.2, 0) is 4.79 Å². The third kappa shape index (κ3) is 7.26. The Kier molecular flexibility index (Phi) is 8.74. The number of hydrogen-bond donors (Lipinski definition) is 3. The molecule has 0 radical (unpaired) electrons. The highest BCUT2D eigenvalue weighted by atomic mass is 16.2. The summed E-state index contributed by atoms with van der Waals surface area (Å²) in [5.74, 6) is 0.0821. The van der Waals surface area contributed by atoms with Crippen molar-refractivity contribution in [3.8, 4) is 0 Å². The maximum atomic E-state index is 12.5. The number of amides is 4. The first kappa shape index (κ1) is 23.1. The number of aryl methyl sites for hydroxylation is 1. The van der Waals surface area contributed by atoms with Crippen LogP contribution < -0.4 is 16.0 Å². The Morgan fingerprint density at radius 3 is 2.32 bits per heavy atom. The minimum Gasteiger partial charge on any atom is -0.349 e. The Hall–Kier alpha value is -2.57. The number of urea groups is 1. The number of benzene rings is 1. The van der Waals surface area contributed by atoms with E-state index in [0.717, 1.165) is 31.2 Å². The molecule has 1 aliphatic heterocycles. The van der Waals surface area contributed by atoms with E-state index in [1.54, 1.807) is 0 Å². The third-order valence-electron chi connectivity index (χ3n) is 6.37. The maximum absolute atomic E-state index is 12.5. The van der Waals surface area contributed by atoms with E-state index in [-0.39, 0.29) is 23.9 Å². The van der Waals surface area contributed by atoms with Crippen molar-refractivity contribution in [1.82, 2.24) is 20.9 Å². The molecule has 31 heavy (non-hydrogen) atoms. The van der Waals surface area contributed by atoms with Gasteiger partial charge in [0.05, 0.1) is 0 Å². The number of rotatable bonds is 7. The van der Waals surface area contributed by atoms with Crippen LogP contribution in [0.25, 0.3) is 0 Å². The molecule has 7 heteroatoms. The van der Waals surface area contributed by atoms with Gasteiger partial charge in [0.2, 0.25) is 5.91 Å². The van der Waals surface area contributed by atoms with Crippen molar-refractivity contribution < 1.29 is 14.4 Å². The lowest BCUT2D eigenvalue weighted by molar-refractivity contribution is -0.132. The van der Waals surface area contributed by atoms with Crippen molar-refractivity contribution >= 4 is 17.8 Å². The van der Waals surface area contributed by atoms with Gasteiger partial charge in [-0.3, -0.25) is 9.59 Å². The van der Waals surface area contributed by atoms with Crippen molar-refractivity contribution in [1.29, 1.82) is 0 Å². The minimum absolute atomic E-state index is 0.0412. The molecule has 1 saturated carbocycles. The Bertz CT molecular complexity index is 753. The molecule has 0 unspecified atom stereocenters. The van der Waals surface area contributed by atoms with E-state index in [0.29, 0.717) is 44.1 Å². The fourth-order valence-corrected chi connectivity index (χ4v) is 4.45. The molecule has 1 saturated heterocycles. The van der Waals surface area contributed by atoms with Crippen LogP contribution in [0.15, 0.2) is 24.3 Å². The Labute approximate surface area is 185 Å². The summed E-state index contributed by atoms with van der Waals surface area (Å²) >= 11 is 0. The second kappa shape index (κ2) is 11.7. The summed E-state index contributed by atoms with van der Waals surface area (Å²) < 4.78 is 0. The molecule has 3 rings (SSSR count). The largest absolute Gasteiger partial charge is 0.349 e. The van der Waals surface area contributed by atoms with Crippen LogP contribution in [-0.4, -0.2) is 54.5 Å². The molecule has 0 atom stereocenters. The van der Waals surface area contributed by atoms with Gasteiger partial charge >= 0.3 is 6.03 Å². The predicted molar refractivity (Wildman–Crippen MR) is 121 cm³/mol. The number of likely N-dealkylation sites (tertiary alicyclic amines) is 1. The number of hydrogen-bond acceptors (Lipinski definition) is 3. The minimum atomic E-state index is -0.121. The van der Waals surface area contributed by atoms with Gasteiger partial charge in [0, 0.05) is 43.7 Å². The van der Waals surface area contributed by atoms with Gasteiger partial charge < -0.3 is 20.9 Å². The molecule has 3 N–H and O–H groups in total. The molecule has 1 heterocycles. The third-order valence-corrected chi connectivity index (χ3v) is 6.37. The first-order chi connectivity index (χ1) is 15.0. The van der Waals surface area contributed by atoms with Gasteiger partial charge in [-0.1, -0.05) is 37.5 Å². The smallest absolute Gasteiger partial charge is 0.315 e. The zero-order valence-corrected chi connectivity index (χ0v) is 18.6. The van der Waals surface area contributed by atoms with Gasteiger partial charge in [0.25, 0.3) is 5.91 Å². The molecule has 0 bridgehead atoms. The topological polar surface area (TPSA) is 90.5 Å². The SMILES string of the molecule is Cc1ccccc1C(=O)NC1CCN(C(=O)CCCNC(=O)NC2CCCCC2)CC1. The first-order valence-corrected chi connectivity index (χ1v) is 11.7. The molecule has 2 fully saturated rings. The summed E-state index contributed by atoms with van der Waals surface area (Å²) in [5.41, 5.74) is 1.68. The van der Waals surface area contributed by atoms with Crippen LogP contribution >= 0.6 is 0 Å². The lowest BCUT2D eigenvalue weighted by atomic mass is 9.96. The summed E-state index contributed by atoms with van der Waals surface area (Å²) in [7, 11) is 0. The molecule has 1 aromatic rings. The lowest BCUT2D eigenvalue weighted by Gasteiger charge is -2.32. The normalized spacial score (nSPS) is 17.8. The van der Waals surface area contributed by atoms with Gasteiger partial charge in [-0.05, 0) is 50.7 Å². The van der Waals surface area contributed by atoms with Gasteiger partial charge in [0.1, 0.15) is 0 Å². The predicted octanol–water partition coefficient (Wildman–Crippen LogP) is 3.13. The van der Waals surface area contributed by atoms with E-state index >= 15 is 0 Å². The van der Waals surface area contributed by atoms with E-state index in [2.05, 4.69) is 16.0 Å². The molecule has 0 aromatic heterocycles. The molecule has 4 amide bonds. The van der Waals surface area contributed by atoms with Gasteiger partial charge in [-0.2, -0.15) is 0 Å². The molecule has 1 aromatic carbocycles. The van der Waals surface area contributed by atoms with Gasteiger partial charge in [-0.25, -0.2) is 4.79 Å². The fraction of sp³-hybridized carbons (Fsp3) is 0.625. The summed E-state index contributed by atoms with van der Waals surface area (Å²) in [5, 5.41) is 9.00. The van der Waals surface area contributed by atoms with Crippen molar-refractivity contribution in [2.45, 2.75) is 76.8 Å². The van der Waals surface area contributed by atoms with E-state index in [1.807, 2.05) is 36.1 Å². The van der Waals surface area contributed by atoms with Crippen LogP contribution in [0.2, 0.25) is 0 Å². The Morgan fingerprint density at radius 1 is 0.935 bits per heavy atom. The van der Waals surface area contributed by atoms with Gasteiger partial charge in [-0.15, -0.1) is 0 Å². The highest BCUT2D eigenvalue weighted by Crippen LogP contribution is 2.17. The number of carbonyl (C=O) groups excluding carboxylic acids is 3. The van der Waals surface area contributed by atoms with Crippen molar-refractivity contribution in [3.63, 3.8) is 0 Å². The highest BCUT2D eigenvalue weighted by molar-refractivity contribution is 5.95. The second-order valence-electron chi connectivity index (χ2n) is 8.78. The van der Waals surface area contributed by atoms with Crippen LogP contribution in [0.4, 0.5) is 4.79 Å². The fourth-order valence-electron chi connectivity index (χ4n) is 4.45. The average Bonchev–Trinajstić information content (AvgIpc) is 2.78. The Morgan fingerprint density at radius 2 is 1.61 bits per heavy atom. The van der Waals surface area contributed by atoms with Crippen LogP contribution in [0, 0.1) is 6.92 Å². The monoisotopic (exact) mass is 428 g/mol. The zero-order chi connectivity index (χ0) is 22.1. The molecule has 1 aliphatic carbocycles. The molecular weight excluding hydrogens is 392 g/mol. The van der Waals surface area contributed by atoms with E-state index in [9.17, 15) is 14.4 Å². The number of piperidine rings is 1. The molecule has 0 spiro atoms. The maximum Gasteiger partial charge on any atom is 0.315 e. The van der Waals surface area contributed by atoms with Crippen molar-refractivity contribution in [3.05, 3.63) is 35.4 Å². The highest BCUT2D eigenvalue weighted by Gasteiger charge is 2.24. The number of nitrogens with zero attached hydrogens (tertiary/aromatic N) is 1. The molecule has 2 aliphatic rings. The average molecular weight is 429 g/mol. The summed E-state index contributed by atoms with van der Waals surface area (Å²) in [6, 6.07) is 7.85. The van der Waals surface area contributed by atoms with E-state index in [4.69, 9.17) is 0 Å². The zero-order valence-electron chi connectivity index (χ0n) is 18.6. The quantitative estimate of drug-likeness (QED) is 0.583. The molecular formula is C24H36N4O3. The number of nitrogens with one attached hydrogen (secondary N) is 3. The summed E-state index contributed by atoms with van der Waals surface area (Å²) in [6.45, 7) is 3.76. The van der Waals surface area contributed by atoms with Crippen LogP contribution in [0.1, 0.15) is 73.7 Å². The number of carbonyl (C=O) groups is 3. The Balaban J connectivity index is 1.29. The first-order valence-electron chi connectivity index (χ1n) is 11.7. The summed E-state index contributed by atoms with van der Waals surface area (Å²) in [6.07, 6.45) is 8.37. The van der Waals surface area contributed by atoms with Crippen LogP contribution in [0.5, 0.6) is 0 Å². The summed E-state index contributed by atoms with van der Waals surface area (Å²) in [4.78, 5) is 38.8. The van der Waals surface area contributed by atoms with E-state index in [1.165, 1.54) is 19.3 Å².